The molecule has 0 saturated heterocycles. The van der Waals surface area contributed by atoms with Gasteiger partial charge in [-0.25, -0.2) is 0 Å². The first-order valence-corrected chi connectivity index (χ1v) is 6.78. The summed E-state index contributed by atoms with van der Waals surface area (Å²) < 4.78 is 0. The van der Waals surface area contributed by atoms with Crippen molar-refractivity contribution in [2.24, 2.45) is 5.92 Å². The molecule has 0 bridgehead atoms. The van der Waals surface area contributed by atoms with Crippen LogP contribution in [0.3, 0.4) is 0 Å². The summed E-state index contributed by atoms with van der Waals surface area (Å²) in [6, 6.07) is 9.44. The second-order valence-electron chi connectivity index (χ2n) is 5.01. The summed E-state index contributed by atoms with van der Waals surface area (Å²) in [5.74, 6) is 0.256. The highest BCUT2D eigenvalue weighted by molar-refractivity contribution is 5.78. The molecule has 1 saturated carbocycles. The van der Waals surface area contributed by atoms with E-state index < -0.39 is 6.10 Å². The van der Waals surface area contributed by atoms with Crippen molar-refractivity contribution in [3.05, 3.63) is 35.9 Å². The van der Waals surface area contributed by atoms with E-state index in [4.69, 9.17) is 0 Å². The smallest absolute Gasteiger partial charge is 0.223 e. The maximum Gasteiger partial charge on any atom is 0.223 e. The van der Waals surface area contributed by atoms with Gasteiger partial charge in [0.15, 0.2) is 0 Å². The molecule has 1 unspecified atom stereocenters. The number of hydrogen-bond acceptors (Lipinski definition) is 2. The van der Waals surface area contributed by atoms with Gasteiger partial charge in [-0.1, -0.05) is 49.6 Å². The van der Waals surface area contributed by atoms with Gasteiger partial charge >= 0.3 is 0 Å². The van der Waals surface area contributed by atoms with Gasteiger partial charge in [0.05, 0.1) is 6.10 Å². The zero-order valence-corrected chi connectivity index (χ0v) is 10.6. The van der Waals surface area contributed by atoms with Gasteiger partial charge in [-0.05, 0) is 18.4 Å². The van der Waals surface area contributed by atoms with Crippen LogP contribution >= 0.6 is 0 Å². The van der Waals surface area contributed by atoms with Gasteiger partial charge in [-0.15, -0.1) is 0 Å². The van der Waals surface area contributed by atoms with E-state index in [2.05, 4.69) is 5.32 Å². The fraction of sp³-hybridized carbons (Fsp3) is 0.533. The van der Waals surface area contributed by atoms with Crippen molar-refractivity contribution in [1.29, 1.82) is 0 Å². The van der Waals surface area contributed by atoms with Crippen molar-refractivity contribution in [2.75, 3.05) is 6.54 Å². The van der Waals surface area contributed by atoms with Crippen molar-refractivity contribution in [3.8, 4) is 0 Å². The van der Waals surface area contributed by atoms with E-state index in [-0.39, 0.29) is 11.8 Å². The summed E-state index contributed by atoms with van der Waals surface area (Å²) in [5, 5.41) is 12.8. The zero-order valence-electron chi connectivity index (χ0n) is 10.6. The second-order valence-corrected chi connectivity index (χ2v) is 5.01. The van der Waals surface area contributed by atoms with Crippen LogP contribution in [-0.2, 0) is 4.79 Å². The normalized spacial score (nSPS) is 18.3. The molecule has 1 atom stereocenters. The lowest BCUT2D eigenvalue weighted by atomic mass is 9.88. The Hall–Kier alpha value is -1.35. The molecule has 3 heteroatoms. The van der Waals surface area contributed by atoms with Gasteiger partial charge in [0.1, 0.15) is 0 Å². The third-order valence-electron chi connectivity index (χ3n) is 3.63. The molecule has 0 aliphatic heterocycles. The van der Waals surface area contributed by atoms with Crippen LogP contribution in [0.25, 0.3) is 0 Å². The topological polar surface area (TPSA) is 49.3 Å². The lowest BCUT2D eigenvalue weighted by Gasteiger charge is -2.21. The van der Waals surface area contributed by atoms with Crippen molar-refractivity contribution in [2.45, 2.75) is 38.2 Å². The van der Waals surface area contributed by atoms with Gasteiger partial charge in [0.25, 0.3) is 0 Å². The van der Waals surface area contributed by atoms with Crippen LogP contribution < -0.4 is 5.32 Å². The first-order chi connectivity index (χ1) is 8.77. The predicted octanol–water partition coefficient (Wildman–Crippen LogP) is 2.42. The van der Waals surface area contributed by atoms with Crippen LogP contribution in [0.5, 0.6) is 0 Å². The molecule has 1 aromatic carbocycles. The lowest BCUT2D eigenvalue weighted by molar-refractivity contribution is -0.126. The van der Waals surface area contributed by atoms with Gasteiger partial charge in [-0.3, -0.25) is 4.79 Å². The van der Waals surface area contributed by atoms with E-state index in [1.165, 1.54) is 6.42 Å². The van der Waals surface area contributed by atoms with E-state index in [1.807, 2.05) is 30.3 Å². The molecule has 3 nitrogen and oxygen atoms in total. The summed E-state index contributed by atoms with van der Waals surface area (Å²) in [5.41, 5.74) is 0.849. The Morgan fingerprint density at radius 1 is 1.22 bits per heavy atom. The highest BCUT2D eigenvalue weighted by atomic mass is 16.3. The van der Waals surface area contributed by atoms with Gasteiger partial charge in [0, 0.05) is 12.5 Å². The van der Waals surface area contributed by atoms with Crippen molar-refractivity contribution < 1.29 is 9.90 Å². The summed E-state index contributed by atoms with van der Waals surface area (Å²) in [6.07, 6.45) is 4.93. The van der Waals surface area contributed by atoms with E-state index in [9.17, 15) is 9.90 Å². The van der Waals surface area contributed by atoms with E-state index >= 15 is 0 Å². The highest BCUT2D eigenvalue weighted by Crippen LogP contribution is 2.23. The van der Waals surface area contributed by atoms with Crippen LogP contribution in [0.15, 0.2) is 30.3 Å². The molecule has 1 aliphatic carbocycles. The van der Waals surface area contributed by atoms with Crippen molar-refractivity contribution >= 4 is 5.91 Å². The third-order valence-corrected chi connectivity index (χ3v) is 3.63. The maximum atomic E-state index is 11.9. The Morgan fingerprint density at radius 2 is 1.89 bits per heavy atom. The molecule has 1 fully saturated rings. The van der Waals surface area contributed by atoms with Crippen LogP contribution in [0, 0.1) is 5.92 Å². The summed E-state index contributed by atoms with van der Waals surface area (Å²) in [7, 11) is 0. The Kier molecular flexibility index (Phi) is 4.76. The van der Waals surface area contributed by atoms with Gasteiger partial charge in [0.2, 0.25) is 5.91 Å². The number of carbonyl (C=O) groups excluding carboxylic acids is 1. The number of aliphatic hydroxyl groups excluding tert-OH is 1. The molecule has 2 N–H and O–H groups in total. The molecule has 98 valence electrons. The monoisotopic (exact) mass is 247 g/mol. The van der Waals surface area contributed by atoms with E-state index in [0.717, 1.165) is 31.2 Å². The van der Waals surface area contributed by atoms with Crippen LogP contribution in [0.1, 0.15) is 43.8 Å². The molecule has 0 spiro atoms. The zero-order chi connectivity index (χ0) is 12.8. The molecule has 0 radical (unpaired) electrons. The average molecular weight is 247 g/mol. The largest absolute Gasteiger partial charge is 0.387 e. The van der Waals surface area contributed by atoms with E-state index in [1.54, 1.807) is 0 Å². The Balaban J connectivity index is 1.78. The Morgan fingerprint density at radius 3 is 2.56 bits per heavy atom. The van der Waals surface area contributed by atoms with Gasteiger partial charge < -0.3 is 10.4 Å². The fourth-order valence-electron chi connectivity index (χ4n) is 2.50. The number of rotatable bonds is 4. The standard InChI is InChI=1S/C15H21NO2/c17-14(12-7-3-1-4-8-12)11-16-15(18)13-9-5-2-6-10-13/h1,3-4,7-8,13-14,17H,2,5-6,9-11H2,(H,16,18). The molecule has 1 amide bonds. The van der Waals surface area contributed by atoms with E-state index in [0.29, 0.717) is 6.54 Å². The lowest BCUT2D eigenvalue weighted by Crippen LogP contribution is -2.34. The maximum absolute atomic E-state index is 11.9. The van der Waals surface area contributed by atoms with Crippen molar-refractivity contribution in [1.82, 2.24) is 5.32 Å². The Bertz CT molecular complexity index is 371. The van der Waals surface area contributed by atoms with Crippen LogP contribution in [0.4, 0.5) is 0 Å². The highest BCUT2D eigenvalue weighted by Gasteiger charge is 2.21. The molecular weight excluding hydrogens is 226 g/mol. The van der Waals surface area contributed by atoms with Gasteiger partial charge in [-0.2, -0.15) is 0 Å². The number of carbonyl (C=O) groups is 1. The third kappa shape index (κ3) is 3.57. The molecular formula is C15H21NO2. The molecule has 0 aromatic heterocycles. The van der Waals surface area contributed by atoms with Crippen LogP contribution in [0.2, 0.25) is 0 Å². The molecule has 1 aromatic rings. The van der Waals surface area contributed by atoms with Crippen LogP contribution in [-0.4, -0.2) is 17.6 Å². The number of hydrogen-bond donors (Lipinski definition) is 2. The summed E-state index contributed by atoms with van der Waals surface area (Å²) in [4.78, 5) is 11.9. The number of aliphatic hydroxyl groups is 1. The second kappa shape index (κ2) is 6.55. The predicted molar refractivity (Wildman–Crippen MR) is 71.0 cm³/mol. The molecule has 1 aliphatic rings. The summed E-state index contributed by atoms with van der Waals surface area (Å²) >= 11 is 0. The first kappa shape index (κ1) is 13.1. The average Bonchev–Trinajstić information content (AvgIpc) is 2.46. The fourth-order valence-corrected chi connectivity index (χ4v) is 2.50. The minimum absolute atomic E-state index is 0.102. The minimum Gasteiger partial charge on any atom is -0.387 e. The number of benzene rings is 1. The number of amides is 1. The van der Waals surface area contributed by atoms with Crippen molar-refractivity contribution in [3.63, 3.8) is 0 Å². The first-order valence-electron chi connectivity index (χ1n) is 6.78. The molecule has 18 heavy (non-hydrogen) atoms. The minimum atomic E-state index is -0.612. The SMILES string of the molecule is O=C(NCC(O)c1ccccc1)C1CCCCC1. The molecule has 0 heterocycles. The quantitative estimate of drug-likeness (QED) is 0.858. The summed E-state index contributed by atoms with van der Waals surface area (Å²) in [6.45, 7) is 0.305. The Labute approximate surface area is 108 Å². The number of nitrogens with one attached hydrogen (secondary N) is 1. The molecule has 2 rings (SSSR count).